The van der Waals surface area contributed by atoms with Gasteiger partial charge in [0.25, 0.3) is 0 Å². The first-order chi connectivity index (χ1) is 13.3. The van der Waals surface area contributed by atoms with Gasteiger partial charge in [-0.25, -0.2) is 4.98 Å². The van der Waals surface area contributed by atoms with Gasteiger partial charge in [0.2, 0.25) is 0 Å². The minimum atomic E-state index is 0.951. The number of rotatable bonds is 3. The van der Waals surface area contributed by atoms with Crippen LogP contribution in [0, 0.1) is 0 Å². The molecular formula is C24H18N2S. The normalized spacial score (nSPS) is 11.3. The Kier molecular flexibility index (Phi) is 3.95. The van der Waals surface area contributed by atoms with Crippen LogP contribution in [0.4, 0.5) is 0 Å². The molecule has 0 saturated heterocycles. The summed E-state index contributed by atoms with van der Waals surface area (Å²) in [6.07, 6.45) is 2.04. The molecule has 4 aromatic carbocycles. The summed E-state index contributed by atoms with van der Waals surface area (Å²) in [6, 6.07) is 30.0. The lowest BCUT2D eigenvalue weighted by atomic mass is 9.95. The van der Waals surface area contributed by atoms with Crippen LogP contribution < -0.4 is 0 Å². The van der Waals surface area contributed by atoms with Crippen molar-refractivity contribution in [3.8, 4) is 22.3 Å². The molecule has 5 rings (SSSR count). The summed E-state index contributed by atoms with van der Waals surface area (Å²) in [4.78, 5) is 8.19. The number of nitrogens with zero attached hydrogens (tertiary/aromatic N) is 1. The molecule has 0 aliphatic carbocycles. The number of hydrogen-bond donors (Lipinski definition) is 1. The molecule has 1 heterocycles. The highest BCUT2D eigenvalue weighted by Gasteiger charge is 2.12. The number of fused-ring (bicyclic) bond motifs is 3. The van der Waals surface area contributed by atoms with E-state index in [1.807, 2.05) is 12.3 Å². The van der Waals surface area contributed by atoms with E-state index < -0.39 is 0 Å². The van der Waals surface area contributed by atoms with Gasteiger partial charge < -0.3 is 4.98 Å². The molecule has 0 radical (unpaired) electrons. The summed E-state index contributed by atoms with van der Waals surface area (Å²) in [5.41, 5.74) is 7.04. The van der Waals surface area contributed by atoms with Gasteiger partial charge in [-0.2, -0.15) is 0 Å². The molecule has 0 unspecified atom stereocenters. The van der Waals surface area contributed by atoms with E-state index in [4.69, 9.17) is 4.98 Å². The van der Waals surface area contributed by atoms with Crippen LogP contribution in [0.2, 0.25) is 0 Å². The molecule has 0 aliphatic heterocycles. The molecular weight excluding hydrogens is 348 g/mol. The largest absolute Gasteiger partial charge is 0.333 e. The fourth-order valence-corrected chi connectivity index (χ4v) is 4.02. The molecule has 0 aliphatic rings. The van der Waals surface area contributed by atoms with Gasteiger partial charge in [0.1, 0.15) is 0 Å². The molecule has 3 heteroatoms. The van der Waals surface area contributed by atoms with E-state index in [0.717, 1.165) is 16.2 Å². The number of nitrogens with one attached hydrogen (secondary N) is 1. The fraction of sp³-hybridized carbons (Fsp3) is 0.0417. The standard InChI is InChI=1S/C24H18N2S/c1-27-24-25-22-15-21(19-9-5-6-10-20(19)23(22)26-24)18-13-11-17(12-14-18)16-7-3-2-4-8-16/h2-15H,1H3,(H,25,26). The summed E-state index contributed by atoms with van der Waals surface area (Å²) < 4.78 is 0. The number of aromatic amines is 1. The van der Waals surface area contributed by atoms with Crippen LogP contribution in [0.3, 0.4) is 0 Å². The van der Waals surface area contributed by atoms with Crippen molar-refractivity contribution in [3.05, 3.63) is 84.9 Å². The number of H-pyrrole nitrogens is 1. The van der Waals surface area contributed by atoms with Crippen LogP contribution in [0.1, 0.15) is 0 Å². The second-order valence-corrected chi connectivity index (χ2v) is 7.35. The SMILES string of the molecule is CSc1nc2c(cc(-c3ccc(-c4ccccc4)cc3)c3ccccc32)[nH]1. The van der Waals surface area contributed by atoms with E-state index in [1.165, 1.54) is 33.0 Å². The summed E-state index contributed by atoms with van der Waals surface area (Å²) in [7, 11) is 0. The van der Waals surface area contributed by atoms with Crippen LogP contribution in [-0.4, -0.2) is 16.2 Å². The van der Waals surface area contributed by atoms with Gasteiger partial charge in [-0.1, -0.05) is 90.6 Å². The molecule has 130 valence electrons. The Labute approximate surface area is 162 Å². The quantitative estimate of drug-likeness (QED) is 0.357. The van der Waals surface area contributed by atoms with Crippen molar-refractivity contribution in [1.82, 2.24) is 9.97 Å². The fourth-order valence-electron chi connectivity index (χ4n) is 3.63. The van der Waals surface area contributed by atoms with E-state index in [0.29, 0.717) is 0 Å². The zero-order chi connectivity index (χ0) is 18.2. The summed E-state index contributed by atoms with van der Waals surface area (Å²) in [6.45, 7) is 0. The molecule has 0 fully saturated rings. The zero-order valence-corrected chi connectivity index (χ0v) is 15.8. The molecule has 0 atom stereocenters. The van der Waals surface area contributed by atoms with Crippen molar-refractivity contribution in [1.29, 1.82) is 0 Å². The number of thioether (sulfide) groups is 1. The van der Waals surface area contributed by atoms with E-state index >= 15 is 0 Å². The maximum atomic E-state index is 4.76. The first kappa shape index (κ1) is 16.2. The van der Waals surface area contributed by atoms with Crippen molar-refractivity contribution >= 4 is 33.6 Å². The van der Waals surface area contributed by atoms with Crippen molar-refractivity contribution in [2.45, 2.75) is 5.16 Å². The Bertz CT molecular complexity index is 1240. The van der Waals surface area contributed by atoms with E-state index in [9.17, 15) is 0 Å². The zero-order valence-electron chi connectivity index (χ0n) is 14.9. The lowest BCUT2D eigenvalue weighted by Gasteiger charge is -2.09. The summed E-state index contributed by atoms with van der Waals surface area (Å²) >= 11 is 1.64. The Morgan fingerprint density at radius 2 is 1.33 bits per heavy atom. The van der Waals surface area contributed by atoms with Crippen LogP contribution in [-0.2, 0) is 0 Å². The average Bonchev–Trinajstić information content (AvgIpc) is 3.18. The van der Waals surface area contributed by atoms with Gasteiger partial charge >= 0.3 is 0 Å². The average molecular weight is 366 g/mol. The Morgan fingerprint density at radius 1 is 0.704 bits per heavy atom. The lowest BCUT2D eigenvalue weighted by molar-refractivity contribution is 1.09. The summed E-state index contributed by atoms with van der Waals surface area (Å²) in [5.74, 6) is 0. The minimum absolute atomic E-state index is 0.951. The Hall–Kier alpha value is -3.04. The number of imidazole rings is 1. The highest BCUT2D eigenvalue weighted by Crippen LogP contribution is 2.35. The molecule has 0 bridgehead atoms. The molecule has 1 N–H and O–H groups in total. The maximum absolute atomic E-state index is 4.76. The second kappa shape index (κ2) is 6.60. The van der Waals surface area contributed by atoms with Gasteiger partial charge in [0.15, 0.2) is 5.16 Å². The third-order valence-corrected chi connectivity index (χ3v) is 5.55. The van der Waals surface area contributed by atoms with Crippen LogP contribution in [0.5, 0.6) is 0 Å². The number of aromatic nitrogens is 2. The predicted octanol–water partition coefficient (Wildman–Crippen LogP) is 6.77. The molecule has 0 spiro atoms. The van der Waals surface area contributed by atoms with E-state index in [-0.39, 0.29) is 0 Å². The molecule has 2 nitrogen and oxygen atoms in total. The smallest absolute Gasteiger partial charge is 0.166 e. The number of hydrogen-bond acceptors (Lipinski definition) is 2. The van der Waals surface area contributed by atoms with Crippen molar-refractivity contribution in [3.63, 3.8) is 0 Å². The van der Waals surface area contributed by atoms with Gasteiger partial charge in [-0.15, -0.1) is 0 Å². The lowest BCUT2D eigenvalue weighted by Crippen LogP contribution is -1.85. The van der Waals surface area contributed by atoms with Crippen molar-refractivity contribution in [2.75, 3.05) is 6.26 Å². The second-order valence-electron chi connectivity index (χ2n) is 6.56. The van der Waals surface area contributed by atoms with Gasteiger partial charge in [-0.05, 0) is 40.0 Å². The monoisotopic (exact) mass is 366 g/mol. The molecule has 0 amide bonds. The molecule has 0 saturated carbocycles. The van der Waals surface area contributed by atoms with E-state index in [2.05, 4.69) is 83.8 Å². The number of benzene rings is 4. The molecule has 27 heavy (non-hydrogen) atoms. The van der Waals surface area contributed by atoms with Crippen LogP contribution in [0.25, 0.3) is 44.1 Å². The predicted molar refractivity (Wildman–Crippen MR) is 116 cm³/mol. The first-order valence-electron chi connectivity index (χ1n) is 8.95. The van der Waals surface area contributed by atoms with Crippen LogP contribution >= 0.6 is 11.8 Å². The van der Waals surface area contributed by atoms with Crippen molar-refractivity contribution < 1.29 is 0 Å². The highest BCUT2D eigenvalue weighted by atomic mass is 32.2. The molecule has 5 aromatic rings. The van der Waals surface area contributed by atoms with Crippen molar-refractivity contribution in [2.24, 2.45) is 0 Å². The molecule has 1 aromatic heterocycles. The van der Waals surface area contributed by atoms with E-state index in [1.54, 1.807) is 11.8 Å². The summed E-state index contributed by atoms with van der Waals surface area (Å²) in [5, 5.41) is 3.37. The third-order valence-electron chi connectivity index (χ3n) is 4.97. The van der Waals surface area contributed by atoms with Gasteiger partial charge in [-0.3, -0.25) is 0 Å². The highest BCUT2D eigenvalue weighted by molar-refractivity contribution is 7.98. The van der Waals surface area contributed by atoms with Gasteiger partial charge in [0.05, 0.1) is 11.0 Å². The first-order valence-corrected chi connectivity index (χ1v) is 10.2. The van der Waals surface area contributed by atoms with Gasteiger partial charge in [0, 0.05) is 5.39 Å². The maximum Gasteiger partial charge on any atom is 0.166 e. The third kappa shape index (κ3) is 2.81. The van der Waals surface area contributed by atoms with Crippen LogP contribution in [0.15, 0.2) is 90.1 Å². The Balaban J connectivity index is 1.69. The topological polar surface area (TPSA) is 28.7 Å². The Morgan fingerprint density at radius 3 is 2.07 bits per heavy atom. The minimum Gasteiger partial charge on any atom is -0.333 e.